The molecule has 0 unspecified atom stereocenters. The quantitative estimate of drug-likeness (QED) is 0.574. The standard InChI is InChI=1S/C18H25NO3/c1-5-19(13-12-18(21)22-4)17(20)11-8-15-6-9-16(10-7-15)14(2)3/h6-11,14H,5,12-13H2,1-4H3. The third kappa shape index (κ3) is 5.72. The molecule has 0 radical (unpaired) electrons. The summed E-state index contributed by atoms with van der Waals surface area (Å²) >= 11 is 0. The van der Waals surface area contributed by atoms with Gasteiger partial charge in [-0.2, -0.15) is 0 Å². The van der Waals surface area contributed by atoms with Crippen LogP contribution in [0.1, 0.15) is 44.2 Å². The Balaban J connectivity index is 2.62. The summed E-state index contributed by atoms with van der Waals surface area (Å²) < 4.78 is 4.59. The van der Waals surface area contributed by atoms with Crippen molar-refractivity contribution in [3.8, 4) is 0 Å². The summed E-state index contributed by atoms with van der Waals surface area (Å²) in [4.78, 5) is 24.9. The topological polar surface area (TPSA) is 46.6 Å². The normalized spacial score (nSPS) is 11.0. The number of esters is 1. The van der Waals surface area contributed by atoms with Crippen molar-refractivity contribution in [2.75, 3.05) is 20.2 Å². The number of benzene rings is 1. The lowest BCUT2D eigenvalue weighted by atomic mass is 10.0. The van der Waals surface area contributed by atoms with Crippen molar-refractivity contribution in [3.05, 3.63) is 41.5 Å². The lowest BCUT2D eigenvalue weighted by molar-refractivity contribution is -0.141. The molecule has 1 rings (SSSR count). The van der Waals surface area contributed by atoms with Crippen LogP contribution >= 0.6 is 0 Å². The van der Waals surface area contributed by atoms with Crippen molar-refractivity contribution < 1.29 is 14.3 Å². The molecule has 0 aromatic heterocycles. The van der Waals surface area contributed by atoms with Crippen LogP contribution in [0.15, 0.2) is 30.3 Å². The largest absolute Gasteiger partial charge is 0.469 e. The summed E-state index contributed by atoms with van der Waals surface area (Å²) in [6.07, 6.45) is 3.56. The molecule has 0 saturated carbocycles. The van der Waals surface area contributed by atoms with E-state index in [-0.39, 0.29) is 18.3 Å². The van der Waals surface area contributed by atoms with Crippen LogP contribution in [-0.2, 0) is 14.3 Å². The van der Waals surface area contributed by atoms with Crippen molar-refractivity contribution in [1.82, 2.24) is 4.90 Å². The Bertz CT molecular complexity index is 518. The van der Waals surface area contributed by atoms with Gasteiger partial charge in [-0.25, -0.2) is 0 Å². The van der Waals surface area contributed by atoms with Gasteiger partial charge in [0.15, 0.2) is 0 Å². The molecule has 1 aromatic carbocycles. The monoisotopic (exact) mass is 303 g/mol. The van der Waals surface area contributed by atoms with Gasteiger partial charge < -0.3 is 9.64 Å². The zero-order valence-corrected chi connectivity index (χ0v) is 13.8. The zero-order chi connectivity index (χ0) is 16.5. The third-order valence-electron chi connectivity index (χ3n) is 3.53. The maximum Gasteiger partial charge on any atom is 0.307 e. The van der Waals surface area contributed by atoms with E-state index in [0.717, 1.165) is 5.56 Å². The van der Waals surface area contributed by atoms with E-state index in [1.807, 2.05) is 19.1 Å². The Labute approximate surface area is 132 Å². The van der Waals surface area contributed by atoms with E-state index in [1.165, 1.54) is 12.7 Å². The summed E-state index contributed by atoms with van der Waals surface area (Å²) in [5, 5.41) is 0. The molecule has 0 saturated heterocycles. The Morgan fingerprint density at radius 2 is 1.86 bits per heavy atom. The van der Waals surface area contributed by atoms with Crippen molar-refractivity contribution >= 4 is 18.0 Å². The van der Waals surface area contributed by atoms with Crippen LogP contribution in [-0.4, -0.2) is 37.0 Å². The number of methoxy groups -OCH3 is 1. The maximum atomic E-state index is 12.1. The highest BCUT2D eigenvalue weighted by Crippen LogP contribution is 2.15. The van der Waals surface area contributed by atoms with Crippen LogP contribution in [0.25, 0.3) is 6.08 Å². The van der Waals surface area contributed by atoms with Crippen molar-refractivity contribution in [1.29, 1.82) is 0 Å². The number of carbonyl (C=O) groups is 2. The molecule has 0 aliphatic heterocycles. The van der Waals surface area contributed by atoms with E-state index in [2.05, 4.69) is 30.7 Å². The molecule has 1 amide bonds. The smallest absolute Gasteiger partial charge is 0.307 e. The number of rotatable bonds is 7. The third-order valence-corrected chi connectivity index (χ3v) is 3.53. The number of hydrogen-bond acceptors (Lipinski definition) is 3. The van der Waals surface area contributed by atoms with E-state index in [9.17, 15) is 9.59 Å². The minimum atomic E-state index is -0.306. The van der Waals surface area contributed by atoms with Gasteiger partial charge in [0.2, 0.25) is 5.91 Å². The number of ether oxygens (including phenoxy) is 1. The maximum absolute atomic E-state index is 12.1. The first-order valence-corrected chi connectivity index (χ1v) is 7.61. The molecule has 0 N–H and O–H groups in total. The minimum Gasteiger partial charge on any atom is -0.469 e. The van der Waals surface area contributed by atoms with Gasteiger partial charge in [-0.05, 0) is 30.0 Å². The highest BCUT2D eigenvalue weighted by molar-refractivity contribution is 5.92. The summed E-state index contributed by atoms with van der Waals surface area (Å²) in [6.45, 7) is 7.12. The SMILES string of the molecule is CCN(CCC(=O)OC)C(=O)C=Cc1ccc(C(C)C)cc1. The molecule has 0 spiro atoms. The fourth-order valence-corrected chi connectivity index (χ4v) is 2.02. The van der Waals surface area contributed by atoms with Crippen molar-refractivity contribution in [3.63, 3.8) is 0 Å². The molecule has 22 heavy (non-hydrogen) atoms. The van der Waals surface area contributed by atoms with Gasteiger partial charge in [-0.1, -0.05) is 38.1 Å². The summed E-state index contributed by atoms with van der Waals surface area (Å²) in [7, 11) is 1.35. The number of hydrogen-bond donors (Lipinski definition) is 0. The van der Waals surface area contributed by atoms with Crippen LogP contribution in [0.5, 0.6) is 0 Å². The Hall–Kier alpha value is -2.10. The lowest BCUT2D eigenvalue weighted by Crippen LogP contribution is -2.31. The Morgan fingerprint density at radius 1 is 1.23 bits per heavy atom. The minimum absolute atomic E-state index is 0.0978. The van der Waals surface area contributed by atoms with Gasteiger partial charge in [-0.15, -0.1) is 0 Å². The molecule has 0 aliphatic rings. The molecule has 1 aromatic rings. The van der Waals surface area contributed by atoms with Gasteiger partial charge in [-0.3, -0.25) is 9.59 Å². The second kappa shape index (κ2) is 9.03. The molecule has 4 heteroatoms. The molecular formula is C18H25NO3. The predicted molar refractivity (Wildman–Crippen MR) is 88.5 cm³/mol. The zero-order valence-electron chi connectivity index (χ0n) is 13.8. The van der Waals surface area contributed by atoms with Gasteiger partial charge >= 0.3 is 5.97 Å². The van der Waals surface area contributed by atoms with Crippen LogP contribution in [0.2, 0.25) is 0 Å². The van der Waals surface area contributed by atoms with Crippen molar-refractivity contribution in [2.24, 2.45) is 0 Å². The van der Waals surface area contributed by atoms with Gasteiger partial charge in [0.1, 0.15) is 0 Å². The van der Waals surface area contributed by atoms with Gasteiger partial charge in [0.25, 0.3) is 0 Å². The van der Waals surface area contributed by atoms with Crippen molar-refractivity contribution in [2.45, 2.75) is 33.1 Å². The van der Waals surface area contributed by atoms with Gasteiger partial charge in [0.05, 0.1) is 13.5 Å². The molecule has 0 bridgehead atoms. The molecule has 0 atom stereocenters. The molecular weight excluding hydrogens is 278 g/mol. The summed E-state index contributed by atoms with van der Waals surface area (Å²) in [5.41, 5.74) is 2.26. The molecule has 120 valence electrons. The van der Waals surface area contributed by atoms with E-state index in [4.69, 9.17) is 0 Å². The van der Waals surface area contributed by atoms with E-state index in [1.54, 1.807) is 17.1 Å². The summed E-state index contributed by atoms with van der Waals surface area (Å²) in [5.74, 6) is 0.0902. The number of amides is 1. The first-order chi connectivity index (χ1) is 10.5. The predicted octanol–water partition coefficient (Wildman–Crippen LogP) is 3.23. The second-order valence-corrected chi connectivity index (χ2v) is 5.40. The highest BCUT2D eigenvalue weighted by Gasteiger charge is 2.10. The second-order valence-electron chi connectivity index (χ2n) is 5.40. The Morgan fingerprint density at radius 3 is 2.36 bits per heavy atom. The first-order valence-electron chi connectivity index (χ1n) is 7.61. The van der Waals surface area contributed by atoms with Gasteiger partial charge in [0, 0.05) is 19.2 Å². The number of likely N-dealkylation sites (N-methyl/N-ethyl adjacent to an activating group) is 1. The van der Waals surface area contributed by atoms with Crippen LogP contribution in [0, 0.1) is 0 Å². The van der Waals surface area contributed by atoms with Crippen LogP contribution < -0.4 is 0 Å². The average Bonchev–Trinajstić information content (AvgIpc) is 2.53. The van der Waals surface area contributed by atoms with E-state index >= 15 is 0 Å². The van der Waals surface area contributed by atoms with E-state index in [0.29, 0.717) is 19.0 Å². The molecule has 4 nitrogen and oxygen atoms in total. The highest BCUT2D eigenvalue weighted by atomic mass is 16.5. The molecule has 0 aliphatic carbocycles. The fraction of sp³-hybridized carbons (Fsp3) is 0.444. The molecule has 0 heterocycles. The number of carbonyl (C=O) groups excluding carboxylic acids is 2. The van der Waals surface area contributed by atoms with Crippen LogP contribution in [0.4, 0.5) is 0 Å². The van der Waals surface area contributed by atoms with Crippen LogP contribution in [0.3, 0.4) is 0 Å². The Kier molecular flexibility index (Phi) is 7.37. The fourth-order valence-electron chi connectivity index (χ4n) is 2.02. The lowest BCUT2D eigenvalue weighted by Gasteiger charge is -2.18. The van der Waals surface area contributed by atoms with E-state index < -0.39 is 0 Å². The first kappa shape index (κ1) is 18.0. The average molecular weight is 303 g/mol. The number of nitrogens with zero attached hydrogens (tertiary/aromatic N) is 1. The summed E-state index contributed by atoms with van der Waals surface area (Å²) in [6, 6.07) is 8.15. The molecule has 0 fully saturated rings.